The van der Waals surface area contributed by atoms with Gasteiger partial charge in [0.05, 0.1) is 57.3 Å². The van der Waals surface area contributed by atoms with Crippen molar-refractivity contribution in [2.24, 2.45) is 0 Å². The highest BCUT2D eigenvalue weighted by atomic mass is 32.2. The Hall–Kier alpha value is -3.07. The van der Waals surface area contributed by atoms with Crippen molar-refractivity contribution in [3.63, 3.8) is 0 Å². The van der Waals surface area contributed by atoms with Crippen LogP contribution in [0.2, 0.25) is 0 Å². The summed E-state index contributed by atoms with van der Waals surface area (Å²) in [6.07, 6.45) is 4.61. The van der Waals surface area contributed by atoms with Crippen molar-refractivity contribution in [2.45, 2.75) is 93.4 Å². The van der Waals surface area contributed by atoms with E-state index in [2.05, 4.69) is 42.2 Å². The fraction of sp³-hybridized carbons (Fsp3) is 0.538. The first-order chi connectivity index (χ1) is 24.7. The van der Waals surface area contributed by atoms with Gasteiger partial charge in [0.2, 0.25) is 5.91 Å². The minimum absolute atomic E-state index is 0.126. The van der Waals surface area contributed by atoms with Crippen LogP contribution in [0.1, 0.15) is 61.6 Å². The summed E-state index contributed by atoms with van der Waals surface area (Å²) in [5, 5.41) is 47.9. The van der Waals surface area contributed by atoms with E-state index in [1.54, 1.807) is 16.7 Å². The number of hydrogen-bond acceptors (Lipinski definition) is 11. The van der Waals surface area contributed by atoms with Crippen LogP contribution in [0.3, 0.4) is 0 Å². The highest BCUT2D eigenvalue weighted by Crippen LogP contribution is 2.53. The van der Waals surface area contributed by atoms with E-state index in [1.807, 2.05) is 30.6 Å². The second-order valence-electron chi connectivity index (χ2n) is 13.4. The molecule has 1 aromatic heterocycles. The van der Waals surface area contributed by atoms with Crippen molar-refractivity contribution in [3.05, 3.63) is 77.6 Å². The van der Waals surface area contributed by atoms with E-state index in [0.717, 1.165) is 70.8 Å². The van der Waals surface area contributed by atoms with Gasteiger partial charge in [-0.15, -0.1) is 11.8 Å². The van der Waals surface area contributed by atoms with Crippen molar-refractivity contribution < 1.29 is 44.5 Å². The zero-order valence-corrected chi connectivity index (χ0v) is 30.2. The third kappa shape index (κ3) is 11.2. The number of aliphatic hydroxyl groups excluding tert-OH is 5. The van der Waals surface area contributed by atoms with Crippen molar-refractivity contribution in [1.82, 2.24) is 9.88 Å². The quantitative estimate of drug-likeness (QED) is 0.0711. The molecule has 2 aliphatic rings. The van der Waals surface area contributed by atoms with E-state index in [4.69, 9.17) is 24.4 Å². The minimum Gasteiger partial charge on any atom is -0.490 e. The molecular formula is C39H52N2O9S. The van der Waals surface area contributed by atoms with Crippen LogP contribution in [0.25, 0.3) is 11.1 Å². The number of para-hydroxylation sites is 1. The lowest BCUT2D eigenvalue weighted by Gasteiger charge is -2.26. The monoisotopic (exact) mass is 724 g/mol. The zero-order valence-electron chi connectivity index (χ0n) is 29.4. The Morgan fingerprint density at radius 3 is 2.55 bits per heavy atom. The van der Waals surface area contributed by atoms with Gasteiger partial charge >= 0.3 is 0 Å². The third-order valence-electron chi connectivity index (χ3n) is 9.38. The molecule has 278 valence electrons. The van der Waals surface area contributed by atoms with Gasteiger partial charge in [0, 0.05) is 41.5 Å². The second-order valence-corrected chi connectivity index (χ2v) is 14.6. The lowest BCUT2D eigenvalue weighted by atomic mass is 9.96. The molecule has 0 spiro atoms. The first-order valence-corrected chi connectivity index (χ1v) is 18.9. The summed E-state index contributed by atoms with van der Waals surface area (Å²) in [6, 6.07) is 16.7. The summed E-state index contributed by atoms with van der Waals surface area (Å²) < 4.78 is 18.3. The molecule has 1 heterocycles. The van der Waals surface area contributed by atoms with Crippen LogP contribution >= 0.6 is 11.8 Å². The maximum Gasteiger partial charge on any atom is 0.225 e. The van der Waals surface area contributed by atoms with E-state index in [1.165, 1.54) is 5.56 Å². The van der Waals surface area contributed by atoms with Crippen LogP contribution in [-0.4, -0.2) is 111 Å². The summed E-state index contributed by atoms with van der Waals surface area (Å²) >= 11 is 1.74. The number of pyridine rings is 1. The van der Waals surface area contributed by atoms with Crippen LogP contribution in [0.4, 0.5) is 0 Å². The number of rotatable bonds is 23. The highest BCUT2D eigenvalue weighted by molar-refractivity contribution is 7.99. The number of amides is 1. The first-order valence-electron chi connectivity index (χ1n) is 17.9. The van der Waals surface area contributed by atoms with Gasteiger partial charge in [0.1, 0.15) is 18.0 Å². The number of aryl methyl sites for hydroxylation is 1. The number of benzene rings is 2. The molecule has 0 radical (unpaired) electrons. The lowest BCUT2D eigenvalue weighted by molar-refractivity contribution is -0.138. The molecule has 5 N–H and O–H groups in total. The van der Waals surface area contributed by atoms with Gasteiger partial charge in [-0.3, -0.25) is 9.78 Å². The van der Waals surface area contributed by atoms with Crippen LogP contribution in [0.5, 0.6) is 5.75 Å². The highest BCUT2D eigenvalue weighted by Gasteiger charge is 2.47. The van der Waals surface area contributed by atoms with Gasteiger partial charge in [0.15, 0.2) is 0 Å². The van der Waals surface area contributed by atoms with Gasteiger partial charge in [-0.25, -0.2) is 0 Å². The number of aromatic nitrogens is 1. The number of hydrogen-bond donors (Lipinski definition) is 5. The van der Waals surface area contributed by atoms with Gasteiger partial charge < -0.3 is 44.6 Å². The number of thioether (sulfide) groups is 1. The van der Waals surface area contributed by atoms with Crippen molar-refractivity contribution in [1.29, 1.82) is 0 Å². The molecule has 5 rings (SSSR count). The second kappa shape index (κ2) is 19.1. The normalized spacial score (nSPS) is 16.7. The minimum atomic E-state index is -1.63. The largest absolute Gasteiger partial charge is 0.490 e. The topological polar surface area (TPSA) is 162 Å². The molecule has 2 fully saturated rings. The summed E-state index contributed by atoms with van der Waals surface area (Å²) in [4.78, 5) is 20.1. The zero-order chi connectivity index (χ0) is 36.2. The summed E-state index contributed by atoms with van der Waals surface area (Å²) in [5.74, 6) is 1.35. The van der Waals surface area contributed by atoms with Crippen LogP contribution < -0.4 is 4.74 Å². The summed E-state index contributed by atoms with van der Waals surface area (Å²) in [5.41, 5.74) is 5.20. The van der Waals surface area contributed by atoms with E-state index >= 15 is 0 Å². The standard InChI is InChI=1S/C39H52N2O9S/c1-27-8-11-30(51-21-5-4-16-41(17-19-48-20-18-42)37(46)23-34(44)38(47)35(45)25-43)22-28(27)26-49-39(13-14-39)33-24-40-15-12-31(33)32-6-2-3-7-36(32)50-29-9-10-29/h2-3,6-8,11-12,15,22,24,29,34-35,38,42-45,47H,4-5,9-10,13-14,16-21,23,25-26H2,1H3/t34?,35-,38?/m0/s1. The van der Waals surface area contributed by atoms with Crippen LogP contribution in [-0.2, 0) is 26.5 Å². The maximum atomic E-state index is 12.9. The fourth-order valence-electron chi connectivity index (χ4n) is 5.95. The van der Waals surface area contributed by atoms with Gasteiger partial charge in [0.25, 0.3) is 0 Å². The summed E-state index contributed by atoms with van der Waals surface area (Å²) in [7, 11) is 0. The number of carbonyl (C=O) groups is 1. The Morgan fingerprint density at radius 2 is 1.80 bits per heavy atom. The third-order valence-corrected chi connectivity index (χ3v) is 10.5. The smallest absolute Gasteiger partial charge is 0.225 e. The predicted molar refractivity (Wildman–Crippen MR) is 194 cm³/mol. The number of carbonyl (C=O) groups excluding carboxylic acids is 1. The molecule has 2 saturated carbocycles. The summed E-state index contributed by atoms with van der Waals surface area (Å²) in [6.45, 7) is 2.80. The van der Waals surface area contributed by atoms with Gasteiger partial charge in [-0.05, 0) is 92.2 Å². The Balaban J connectivity index is 1.14. The van der Waals surface area contributed by atoms with Crippen molar-refractivity contribution >= 4 is 17.7 Å². The number of aliphatic hydroxyl groups is 5. The average Bonchev–Trinajstić information content (AvgIpc) is 4.09. The Bertz CT molecular complexity index is 1550. The molecule has 3 aromatic rings. The van der Waals surface area contributed by atoms with Gasteiger partial charge in [-0.2, -0.15) is 0 Å². The Morgan fingerprint density at radius 1 is 1.00 bits per heavy atom. The average molecular weight is 725 g/mol. The predicted octanol–water partition coefficient (Wildman–Crippen LogP) is 3.98. The Kier molecular flexibility index (Phi) is 14.7. The molecule has 1 amide bonds. The number of nitrogens with zero attached hydrogens (tertiary/aromatic N) is 2. The van der Waals surface area contributed by atoms with Crippen LogP contribution in [0.15, 0.2) is 65.8 Å². The molecule has 0 bridgehead atoms. The number of ether oxygens (including phenoxy) is 3. The number of unbranched alkanes of at least 4 members (excludes halogenated alkanes) is 1. The first kappa shape index (κ1) is 39.1. The van der Waals surface area contributed by atoms with Gasteiger partial charge in [-0.1, -0.05) is 24.3 Å². The molecule has 12 heteroatoms. The van der Waals surface area contributed by atoms with E-state index < -0.39 is 37.2 Å². The van der Waals surface area contributed by atoms with E-state index in [9.17, 15) is 20.1 Å². The SMILES string of the molecule is Cc1ccc(SCCCCN(CCOCCO)C(=O)CC(O)C(O)[C@@H](O)CO)cc1COC1(c2cnccc2-c2ccccc2OC2CC2)CC1. The molecule has 3 atom stereocenters. The van der Waals surface area contributed by atoms with Crippen molar-refractivity contribution in [2.75, 3.05) is 45.3 Å². The van der Waals surface area contributed by atoms with Crippen LogP contribution in [0, 0.1) is 6.92 Å². The molecule has 2 aromatic carbocycles. The molecule has 51 heavy (non-hydrogen) atoms. The Labute approximate surface area is 304 Å². The fourth-order valence-corrected chi connectivity index (χ4v) is 6.93. The molecular weight excluding hydrogens is 673 g/mol. The molecule has 2 aliphatic carbocycles. The van der Waals surface area contributed by atoms with Crippen molar-refractivity contribution in [3.8, 4) is 16.9 Å². The lowest BCUT2D eigenvalue weighted by Crippen LogP contribution is -2.44. The maximum absolute atomic E-state index is 12.9. The van der Waals surface area contributed by atoms with E-state index in [-0.39, 0.29) is 32.0 Å². The molecule has 0 aliphatic heterocycles. The molecule has 2 unspecified atom stereocenters. The van der Waals surface area contributed by atoms with E-state index in [0.29, 0.717) is 25.7 Å². The molecule has 11 nitrogen and oxygen atoms in total. The molecule has 0 saturated heterocycles.